The zero-order valence-corrected chi connectivity index (χ0v) is 18.2. The van der Waals surface area contributed by atoms with E-state index in [2.05, 4.69) is 20.8 Å². The average molecular weight is 409 g/mol. The van der Waals surface area contributed by atoms with Crippen molar-refractivity contribution in [2.45, 2.75) is 40.0 Å². The maximum atomic E-state index is 13.0. The lowest BCUT2D eigenvalue weighted by molar-refractivity contribution is -0.122. The van der Waals surface area contributed by atoms with Crippen molar-refractivity contribution in [2.24, 2.45) is 4.99 Å². The van der Waals surface area contributed by atoms with Gasteiger partial charge < -0.3 is 4.74 Å². The van der Waals surface area contributed by atoms with E-state index in [1.54, 1.807) is 4.90 Å². The third-order valence-corrected chi connectivity index (χ3v) is 5.56. The zero-order chi connectivity index (χ0) is 20.6. The van der Waals surface area contributed by atoms with Gasteiger partial charge in [0.1, 0.15) is 5.75 Å². The smallest absolute Gasteiger partial charge is 0.266 e. The third-order valence-electron chi connectivity index (χ3n) is 4.56. The topological polar surface area (TPSA) is 41.9 Å². The maximum absolute atomic E-state index is 13.0. The van der Waals surface area contributed by atoms with Crippen molar-refractivity contribution < 1.29 is 9.53 Å². The fourth-order valence-corrected chi connectivity index (χ4v) is 3.96. The number of amidine groups is 1. The molecule has 152 valence electrons. The molecule has 1 amide bonds. The van der Waals surface area contributed by atoms with Gasteiger partial charge in [0.05, 0.1) is 17.2 Å². The fourth-order valence-electron chi connectivity index (χ4n) is 2.94. The molecule has 29 heavy (non-hydrogen) atoms. The molecule has 1 aliphatic rings. The van der Waals surface area contributed by atoms with Crippen LogP contribution in [0.3, 0.4) is 0 Å². The Labute approximate surface area is 177 Å². The Bertz CT molecular complexity index is 903. The lowest BCUT2D eigenvalue weighted by Crippen LogP contribution is -2.29. The van der Waals surface area contributed by atoms with E-state index in [9.17, 15) is 4.79 Å². The van der Waals surface area contributed by atoms with E-state index in [4.69, 9.17) is 9.73 Å². The van der Waals surface area contributed by atoms with Crippen LogP contribution in [0.25, 0.3) is 6.08 Å². The normalized spacial score (nSPS) is 16.8. The summed E-state index contributed by atoms with van der Waals surface area (Å²) in [6.45, 7) is 7.60. The van der Waals surface area contributed by atoms with Crippen LogP contribution in [0.4, 0.5) is 5.69 Å². The summed E-state index contributed by atoms with van der Waals surface area (Å²) in [5, 5.41) is 0.733. The van der Waals surface area contributed by atoms with Crippen molar-refractivity contribution in [1.82, 2.24) is 4.90 Å². The van der Waals surface area contributed by atoms with Crippen molar-refractivity contribution in [2.75, 3.05) is 13.2 Å². The van der Waals surface area contributed by atoms with Gasteiger partial charge in [-0.1, -0.05) is 56.2 Å². The molecule has 2 aromatic rings. The van der Waals surface area contributed by atoms with E-state index in [1.165, 1.54) is 17.3 Å². The number of amides is 1. The molecule has 5 heteroatoms. The summed E-state index contributed by atoms with van der Waals surface area (Å²) in [7, 11) is 0. The molecule has 1 heterocycles. The third kappa shape index (κ3) is 5.51. The van der Waals surface area contributed by atoms with Crippen LogP contribution in [0.2, 0.25) is 0 Å². The highest BCUT2D eigenvalue weighted by Crippen LogP contribution is 2.35. The summed E-state index contributed by atoms with van der Waals surface area (Å²) in [5.74, 6) is 0.818. The first kappa shape index (κ1) is 21.2. The number of carbonyl (C=O) groups is 1. The SMILES string of the molecule is CCCCOc1ccccc1/C=C1/SC(=Nc2ccc(C)cc2)N(CCC)C1=O. The van der Waals surface area contributed by atoms with Crippen LogP contribution in [-0.4, -0.2) is 29.1 Å². The molecule has 0 N–H and O–H groups in total. The summed E-state index contributed by atoms with van der Waals surface area (Å²) in [5.41, 5.74) is 2.97. The molecule has 0 aliphatic carbocycles. The number of benzene rings is 2. The van der Waals surface area contributed by atoms with Gasteiger partial charge in [0.25, 0.3) is 5.91 Å². The molecule has 0 atom stereocenters. The predicted octanol–water partition coefficient (Wildman–Crippen LogP) is 6.19. The van der Waals surface area contributed by atoms with Crippen LogP contribution in [0, 0.1) is 6.92 Å². The van der Waals surface area contributed by atoms with E-state index in [1.807, 2.05) is 54.6 Å². The van der Waals surface area contributed by atoms with E-state index < -0.39 is 0 Å². The summed E-state index contributed by atoms with van der Waals surface area (Å²) >= 11 is 1.43. The molecule has 0 radical (unpaired) electrons. The van der Waals surface area contributed by atoms with E-state index in [0.717, 1.165) is 41.4 Å². The Balaban J connectivity index is 1.89. The highest BCUT2D eigenvalue weighted by Gasteiger charge is 2.33. The summed E-state index contributed by atoms with van der Waals surface area (Å²) in [6, 6.07) is 15.9. The highest BCUT2D eigenvalue weighted by atomic mass is 32.2. The van der Waals surface area contributed by atoms with Crippen molar-refractivity contribution in [1.29, 1.82) is 0 Å². The van der Waals surface area contributed by atoms with Crippen molar-refractivity contribution in [3.8, 4) is 5.75 Å². The molecule has 0 bridgehead atoms. The van der Waals surface area contributed by atoms with E-state index in [0.29, 0.717) is 18.1 Å². The second-order valence-electron chi connectivity index (χ2n) is 7.04. The van der Waals surface area contributed by atoms with Gasteiger partial charge in [0.15, 0.2) is 5.17 Å². The molecule has 0 unspecified atom stereocenters. The van der Waals surface area contributed by atoms with Gasteiger partial charge in [0.2, 0.25) is 0 Å². The van der Waals surface area contributed by atoms with Gasteiger partial charge in [-0.2, -0.15) is 0 Å². The monoisotopic (exact) mass is 408 g/mol. The number of para-hydroxylation sites is 1. The number of rotatable bonds is 8. The largest absolute Gasteiger partial charge is 0.493 e. The molecule has 1 fully saturated rings. The lowest BCUT2D eigenvalue weighted by Gasteiger charge is -2.14. The van der Waals surface area contributed by atoms with Crippen LogP contribution in [0.1, 0.15) is 44.2 Å². The fraction of sp³-hybridized carbons (Fsp3) is 0.333. The number of nitrogens with zero attached hydrogens (tertiary/aromatic N) is 2. The van der Waals surface area contributed by atoms with E-state index in [-0.39, 0.29) is 5.91 Å². The average Bonchev–Trinajstić information content (AvgIpc) is 3.00. The zero-order valence-electron chi connectivity index (χ0n) is 17.4. The molecule has 1 saturated heterocycles. The Kier molecular flexibility index (Phi) is 7.53. The Hall–Kier alpha value is -2.53. The molecule has 0 saturated carbocycles. The standard InChI is InChI=1S/C24H28N2O2S/c1-4-6-16-28-21-10-8-7-9-19(21)17-22-23(27)26(15-5-2)24(29-22)25-20-13-11-18(3)12-14-20/h7-14,17H,4-6,15-16H2,1-3H3/b22-17+,25-24?. The van der Waals surface area contributed by atoms with Crippen molar-refractivity contribution >= 4 is 34.6 Å². The Morgan fingerprint density at radius 2 is 1.83 bits per heavy atom. The Morgan fingerprint density at radius 1 is 1.07 bits per heavy atom. The number of hydrogen-bond acceptors (Lipinski definition) is 4. The second-order valence-corrected chi connectivity index (χ2v) is 8.05. The summed E-state index contributed by atoms with van der Waals surface area (Å²) in [4.78, 5) is 20.2. The molecule has 0 spiro atoms. The summed E-state index contributed by atoms with van der Waals surface area (Å²) in [6.07, 6.45) is 4.90. The number of carbonyl (C=O) groups excluding carboxylic acids is 1. The predicted molar refractivity (Wildman–Crippen MR) is 123 cm³/mol. The van der Waals surface area contributed by atoms with Gasteiger partial charge >= 0.3 is 0 Å². The molecular formula is C24H28N2O2S. The lowest BCUT2D eigenvalue weighted by atomic mass is 10.2. The molecular weight excluding hydrogens is 380 g/mol. The molecule has 4 nitrogen and oxygen atoms in total. The second kappa shape index (κ2) is 10.3. The number of aliphatic imine (C=N–C) groups is 1. The van der Waals surface area contributed by atoms with Crippen LogP contribution >= 0.6 is 11.8 Å². The van der Waals surface area contributed by atoms with Crippen molar-refractivity contribution in [3.05, 3.63) is 64.6 Å². The maximum Gasteiger partial charge on any atom is 0.266 e. The van der Waals surface area contributed by atoms with Gasteiger partial charge in [-0.3, -0.25) is 9.69 Å². The number of thioether (sulfide) groups is 1. The van der Waals surface area contributed by atoms with Crippen LogP contribution in [0.15, 0.2) is 58.4 Å². The minimum atomic E-state index is 0.00562. The van der Waals surface area contributed by atoms with Crippen LogP contribution in [0.5, 0.6) is 5.75 Å². The first-order valence-corrected chi connectivity index (χ1v) is 11.0. The number of ether oxygens (including phenoxy) is 1. The minimum absolute atomic E-state index is 0.00562. The van der Waals surface area contributed by atoms with Crippen LogP contribution in [-0.2, 0) is 4.79 Å². The first-order chi connectivity index (χ1) is 14.1. The molecule has 1 aliphatic heterocycles. The van der Waals surface area contributed by atoms with Crippen molar-refractivity contribution in [3.63, 3.8) is 0 Å². The number of aryl methyl sites for hydroxylation is 1. The highest BCUT2D eigenvalue weighted by molar-refractivity contribution is 8.18. The molecule has 3 rings (SSSR count). The van der Waals surface area contributed by atoms with Gasteiger partial charge in [-0.05, 0) is 55.8 Å². The minimum Gasteiger partial charge on any atom is -0.493 e. The number of unbranched alkanes of at least 4 members (excludes halogenated alkanes) is 1. The quantitative estimate of drug-likeness (QED) is 0.386. The van der Waals surface area contributed by atoms with Gasteiger partial charge in [0, 0.05) is 12.1 Å². The van der Waals surface area contributed by atoms with Crippen LogP contribution < -0.4 is 4.74 Å². The number of hydrogen-bond donors (Lipinski definition) is 0. The molecule has 0 aromatic heterocycles. The first-order valence-electron chi connectivity index (χ1n) is 10.2. The summed E-state index contributed by atoms with van der Waals surface area (Å²) < 4.78 is 5.92. The van der Waals surface area contributed by atoms with Gasteiger partial charge in [-0.25, -0.2) is 4.99 Å². The van der Waals surface area contributed by atoms with E-state index >= 15 is 0 Å². The molecule has 2 aromatic carbocycles. The Morgan fingerprint density at radius 3 is 2.55 bits per heavy atom. The van der Waals surface area contributed by atoms with Gasteiger partial charge in [-0.15, -0.1) is 0 Å².